The van der Waals surface area contributed by atoms with Crippen molar-refractivity contribution in [3.8, 4) is 45.8 Å². The van der Waals surface area contributed by atoms with Crippen molar-refractivity contribution in [2.45, 2.75) is 122 Å². The molecular weight excluding hydrogens is 1030 g/mol. The van der Waals surface area contributed by atoms with Gasteiger partial charge in [-0.15, -0.1) is 17.8 Å². The number of aliphatic hydroxyl groups excluding tert-OH is 1. The minimum Gasteiger partial charge on any atom is -0.508 e. The molecule has 5 N–H and O–H groups in total. The highest BCUT2D eigenvalue weighted by atomic mass is 32.1. The maximum absolute atomic E-state index is 17.2. The molecule has 2 unspecified atom stereocenters. The molecule has 2 bridgehead atoms. The van der Waals surface area contributed by atoms with Crippen LogP contribution < -0.4 is 25.6 Å². The second-order valence-corrected chi connectivity index (χ2v) is 24.7. The summed E-state index contributed by atoms with van der Waals surface area (Å²) in [4.78, 5) is 67.8. The Balaban J connectivity index is 0.722. The van der Waals surface area contributed by atoms with Gasteiger partial charge in [-0.3, -0.25) is 19.4 Å². The number of phenols is 1. The van der Waals surface area contributed by atoms with Crippen molar-refractivity contribution in [2.24, 2.45) is 16.7 Å². The quantitative estimate of drug-likeness (QED) is 0.0625. The number of hydrogen-bond donors (Lipinski definition) is 5. The predicted octanol–water partition coefficient (Wildman–Crippen LogP) is 7.81. The van der Waals surface area contributed by atoms with Crippen LogP contribution in [0.4, 0.5) is 14.6 Å². The molecule has 11 rings (SSSR count). The average Bonchev–Trinajstić information content (AvgIpc) is 3.84. The smallest absolute Gasteiger partial charge is 0.319 e. The van der Waals surface area contributed by atoms with Gasteiger partial charge in [0.25, 0.3) is 0 Å². The molecule has 6 atom stereocenters. The number of thiazole rings is 1. The summed E-state index contributed by atoms with van der Waals surface area (Å²) in [5, 5.41) is 32.4. The fourth-order valence-corrected chi connectivity index (χ4v) is 13.1. The highest BCUT2D eigenvalue weighted by molar-refractivity contribution is 7.13. The Hall–Kier alpha value is -6.85. The number of phenolic OH excluding ortho intramolecular Hbond substituents is 1. The SMILES string of the molecule is C#Cc1c(F)ccc2cc(O)cc(-c3ncc4c(N5CC6CCC(C5)N6)nc(OCC5(CN6CCC(CC(=O)N[C@H](C(=O)N7C[C@H](O)C[C@H]7C(=O)N[C@@H](C)c7ccc(-c8scnc8C)cc7)C(C)(C)C)CC6)CC5)nc4c3F)c12. The van der Waals surface area contributed by atoms with Crippen LogP contribution in [0.3, 0.4) is 0 Å². The molecule has 3 aromatic carbocycles. The second kappa shape index (κ2) is 21.7. The molecule has 1 saturated carbocycles. The Labute approximate surface area is 462 Å². The molecule has 16 nitrogen and oxygen atoms in total. The average molecular weight is 1100 g/mol. The van der Waals surface area contributed by atoms with E-state index in [-0.39, 0.29) is 100 Å². The maximum atomic E-state index is 17.2. The van der Waals surface area contributed by atoms with Crippen LogP contribution >= 0.6 is 11.3 Å². The lowest BCUT2D eigenvalue weighted by Crippen LogP contribution is -2.58. The maximum Gasteiger partial charge on any atom is 0.319 e. The van der Waals surface area contributed by atoms with Crippen molar-refractivity contribution in [2.75, 3.05) is 50.8 Å². The molecule has 414 valence electrons. The van der Waals surface area contributed by atoms with Crippen molar-refractivity contribution in [3.63, 3.8) is 0 Å². The fraction of sp³-hybridized carbons (Fsp3) is 0.483. The zero-order valence-corrected chi connectivity index (χ0v) is 46.1. The van der Waals surface area contributed by atoms with Gasteiger partial charge in [0, 0.05) is 73.7 Å². The van der Waals surface area contributed by atoms with Crippen LogP contribution in [-0.4, -0.2) is 134 Å². The van der Waals surface area contributed by atoms with Gasteiger partial charge in [-0.05, 0) is 112 Å². The number of aryl methyl sites for hydroxylation is 1. The van der Waals surface area contributed by atoms with Crippen molar-refractivity contribution >= 4 is 56.6 Å². The zero-order valence-electron chi connectivity index (χ0n) is 45.3. The Morgan fingerprint density at radius 3 is 2.39 bits per heavy atom. The molecule has 5 aliphatic rings. The summed E-state index contributed by atoms with van der Waals surface area (Å²) >= 11 is 1.57. The van der Waals surface area contributed by atoms with E-state index in [9.17, 15) is 24.6 Å². The van der Waals surface area contributed by atoms with Crippen molar-refractivity contribution in [1.82, 2.24) is 45.7 Å². The van der Waals surface area contributed by atoms with Crippen LogP contribution in [0.25, 0.3) is 43.4 Å². The molecule has 19 heteroatoms. The lowest BCUT2D eigenvalue weighted by Gasteiger charge is -2.37. The number of halogens is 2. The number of carbonyl (C=O) groups excluding carboxylic acids is 3. The number of fused-ring (bicyclic) bond motifs is 4. The summed E-state index contributed by atoms with van der Waals surface area (Å²) in [7, 11) is 0. The molecule has 7 heterocycles. The number of piperazine rings is 1. The number of aliphatic hydroxyl groups is 1. The standard InChI is InChI=1S/C60H68F2N10O6S/c1-7-43-46(61)15-12-38-23-41(73)24-44(49(38)43)51-50(62)52-45(26-63-51)55(71-27-39-13-14-40(28-71)66-39)69-58(68-52)78-31-60(18-19-60)30-70-20-16-35(17-21-70)22-48(75)67-54(59(4,5)6)57(77)72-29-42(74)25-47(72)56(76)65-33(2)36-8-10-37(11-9-36)53-34(3)64-32-79-53/h1,8-12,15,23-24,26,32-33,35,39-40,42,47,54,66,73-74H,13-14,16-22,25,27-31H2,2-6H3,(H,65,76)(H,67,75)/t33-,39?,40?,42+,47-,54+/m0/s1. The summed E-state index contributed by atoms with van der Waals surface area (Å²) < 4.78 is 38.8. The number of aromatic nitrogens is 4. The molecule has 0 spiro atoms. The minimum atomic E-state index is -0.924. The minimum absolute atomic E-state index is 0.00613. The second-order valence-electron chi connectivity index (χ2n) is 23.8. The first-order chi connectivity index (χ1) is 37.8. The number of β-amino-alcohol motifs (C(OH)–C–C–N with tert-alkyl or cyclic N) is 1. The van der Waals surface area contributed by atoms with Crippen LogP contribution in [-0.2, 0) is 14.4 Å². The van der Waals surface area contributed by atoms with Crippen LogP contribution in [0.2, 0.25) is 0 Å². The van der Waals surface area contributed by atoms with Gasteiger partial charge in [-0.1, -0.05) is 57.0 Å². The predicted molar refractivity (Wildman–Crippen MR) is 299 cm³/mol. The van der Waals surface area contributed by atoms with Crippen molar-refractivity contribution < 1.29 is 38.1 Å². The number of aromatic hydroxyl groups is 1. The van der Waals surface area contributed by atoms with E-state index in [1.54, 1.807) is 11.3 Å². The molecule has 1 aliphatic carbocycles. The van der Waals surface area contributed by atoms with E-state index in [0.29, 0.717) is 36.3 Å². The highest BCUT2D eigenvalue weighted by Crippen LogP contribution is 2.47. The van der Waals surface area contributed by atoms with Gasteiger partial charge in [0.1, 0.15) is 40.7 Å². The van der Waals surface area contributed by atoms with Gasteiger partial charge in [0.2, 0.25) is 17.7 Å². The number of nitrogens with zero attached hydrogens (tertiary/aromatic N) is 7. The number of pyridine rings is 1. The van der Waals surface area contributed by atoms with E-state index in [1.165, 1.54) is 35.4 Å². The number of anilines is 1. The molecule has 3 amide bonds. The van der Waals surface area contributed by atoms with Gasteiger partial charge in [-0.2, -0.15) is 9.97 Å². The van der Waals surface area contributed by atoms with Gasteiger partial charge >= 0.3 is 6.01 Å². The largest absolute Gasteiger partial charge is 0.508 e. The zero-order chi connectivity index (χ0) is 55.5. The summed E-state index contributed by atoms with van der Waals surface area (Å²) in [5.74, 6) is 0.463. The van der Waals surface area contributed by atoms with E-state index >= 15 is 8.78 Å². The number of piperidine rings is 1. The summed E-state index contributed by atoms with van der Waals surface area (Å²) in [6, 6.07) is 11.8. The van der Waals surface area contributed by atoms with Crippen molar-refractivity contribution in [1.29, 1.82) is 0 Å². The Bertz CT molecular complexity index is 3360. The van der Waals surface area contributed by atoms with E-state index < -0.39 is 41.1 Å². The Morgan fingerprint density at radius 1 is 0.987 bits per heavy atom. The normalized spacial score (nSPS) is 22.0. The molecule has 4 saturated heterocycles. The van der Waals surface area contributed by atoms with Crippen LogP contribution in [0.5, 0.6) is 11.8 Å². The number of benzene rings is 3. The summed E-state index contributed by atoms with van der Waals surface area (Å²) in [6.45, 7) is 13.5. The molecule has 4 aliphatic heterocycles. The number of nitrogens with one attached hydrogen (secondary N) is 3. The number of carbonyl (C=O) groups is 3. The number of rotatable bonds is 15. The number of terminal acetylenes is 1. The first-order valence-corrected chi connectivity index (χ1v) is 28.4. The Morgan fingerprint density at radius 2 is 1.72 bits per heavy atom. The van der Waals surface area contributed by atoms with Gasteiger partial charge in [0.15, 0.2) is 5.82 Å². The first kappa shape index (κ1) is 54.1. The third kappa shape index (κ3) is 11.2. The topological polar surface area (TPSA) is 198 Å². The Kier molecular flexibility index (Phi) is 14.8. The first-order valence-electron chi connectivity index (χ1n) is 27.6. The summed E-state index contributed by atoms with van der Waals surface area (Å²) in [5.41, 5.74) is 3.80. The number of hydrogen-bond acceptors (Lipinski definition) is 14. The summed E-state index contributed by atoms with van der Waals surface area (Å²) in [6.07, 6.45) is 12.2. The molecule has 79 heavy (non-hydrogen) atoms. The fourth-order valence-electron chi connectivity index (χ4n) is 12.3. The number of ether oxygens (including phenoxy) is 1. The monoisotopic (exact) mass is 1090 g/mol. The number of likely N-dealkylation sites (tertiary alicyclic amines) is 2. The molecular formula is C60H68F2N10O6S. The van der Waals surface area contributed by atoms with E-state index in [0.717, 1.165) is 79.9 Å². The lowest BCUT2D eigenvalue weighted by molar-refractivity contribution is -0.144. The van der Waals surface area contributed by atoms with Gasteiger partial charge < -0.3 is 45.6 Å². The van der Waals surface area contributed by atoms with Crippen LogP contribution in [0.15, 0.2) is 60.2 Å². The molecule has 0 radical (unpaired) electrons. The third-order valence-electron chi connectivity index (χ3n) is 16.9. The van der Waals surface area contributed by atoms with Crippen LogP contribution in [0.1, 0.15) is 102 Å². The molecule has 3 aromatic heterocycles. The number of amides is 3. The highest BCUT2D eigenvalue weighted by Gasteiger charge is 2.47. The molecule has 5 fully saturated rings. The van der Waals surface area contributed by atoms with Crippen LogP contribution in [0, 0.1) is 47.6 Å². The van der Waals surface area contributed by atoms with Crippen molar-refractivity contribution in [3.05, 3.63) is 88.7 Å². The van der Waals surface area contributed by atoms with Gasteiger partial charge in [0.05, 0.1) is 45.8 Å². The van der Waals surface area contributed by atoms with E-state index in [2.05, 4.69) is 46.6 Å². The lowest BCUT2D eigenvalue weighted by atomic mass is 9.85. The van der Waals surface area contributed by atoms with E-state index in [1.807, 2.05) is 64.4 Å². The molecule has 6 aromatic rings. The van der Waals surface area contributed by atoms with E-state index in [4.69, 9.17) is 16.1 Å². The third-order valence-corrected chi connectivity index (χ3v) is 17.9. The van der Waals surface area contributed by atoms with Gasteiger partial charge in [-0.25, -0.2) is 13.8 Å².